The molecule has 0 radical (unpaired) electrons. The van der Waals surface area contributed by atoms with Crippen LogP contribution < -0.4 is 5.73 Å². The summed E-state index contributed by atoms with van der Waals surface area (Å²) < 4.78 is 5.47. The van der Waals surface area contributed by atoms with Gasteiger partial charge in [-0.3, -0.25) is 4.79 Å². The first-order valence-corrected chi connectivity index (χ1v) is 8.31. The molecule has 0 saturated carbocycles. The van der Waals surface area contributed by atoms with Crippen LogP contribution in [-0.2, 0) is 9.53 Å². The van der Waals surface area contributed by atoms with Gasteiger partial charge in [-0.05, 0) is 43.4 Å². The zero-order valence-corrected chi connectivity index (χ0v) is 13.4. The van der Waals surface area contributed by atoms with Crippen molar-refractivity contribution in [1.29, 1.82) is 0 Å². The van der Waals surface area contributed by atoms with Gasteiger partial charge in [-0.2, -0.15) is 0 Å². The normalized spacial score (nSPS) is 16.8. The van der Waals surface area contributed by atoms with Crippen LogP contribution in [0, 0.1) is 0 Å². The van der Waals surface area contributed by atoms with Crippen LogP contribution in [0.25, 0.3) is 0 Å². The number of ether oxygens (including phenoxy) is 1. The number of thioether (sulfide) groups is 1. The summed E-state index contributed by atoms with van der Waals surface area (Å²) in [6.07, 6.45) is 3.89. The number of hydrogen-bond acceptors (Lipinski definition) is 5. The predicted molar refractivity (Wildman–Crippen MR) is 83.5 cm³/mol. The molecule has 0 saturated heterocycles. The molecule has 0 aliphatic carbocycles. The highest BCUT2D eigenvalue weighted by Gasteiger charge is 2.27. The summed E-state index contributed by atoms with van der Waals surface area (Å²) in [5, 5.41) is 2.04. The van der Waals surface area contributed by atoms with Gasteiger partial charge in [-0.1, -0.05) is 12.1 Å². The first-order valence-electron chi connectivity index (χ1n) is 6.20. The van der Waals surface area contributed by atoms with Crippen molar-refractivity contribution >= 4 is 29.1 Å². The summed E-state index contributed by atoms with van der Waals surface area (Å²) in [5.41, 5.74) is 5.55. The van der Waals surface area contributed by atoms with Crippen molar-refractivity contribution in [3.8, 4) is 0 Å². The second-order valence-corrected chi connectivity index (χ2v) is 6.18. The topological polar surface area (TPSA) is 52.3 Å². The minimum Gasteiger partial charge on any atom is -0.460 e. The van der Waals surface area contributed by atoms with Crippen LogP contribution in [0.15, 0.2) is 28.5 Å². The van der Waals surface area contributed by atoms with Gasteiger partial charge in [0.2, 0.25) is 0 Å². The summed E-state index contributed by atoms with van der Waals surface area (Å²) in [4.78, 5) is 14.1. The lowest BCUT2D eigenvalue weighted by Gasteiger charge is -2.25. The molecule has 0 spiro atoms. The highest BCUT2D eigenvalue weighted by Crippen LogP contribution is 2.37. The third-order valence-electron chi connectivity index (χ3n) is 2.82. The predicted octanol–water partition coefficient (Wildman–Crippen LogP) is 3.38. The summed E-state index contributed by atoms with van der Waals surface area (Å²) in [5.74, 6) is -0.270. The maximum atomic E-state index is 11.7. The lowest BCUT2D eigenvalue weighted by molar-refractivity contribution is -0.149. The van der Waals surface area contributed by atoms with E-state index in [0.717, 1.165) is 0 Å². The van der Waals surface area contributed by atoms with Crippen LogP contribution in [0.1, 0.15) is 31.6 Å². The molecule has 0 amide bonds. The number of thiophene rings is 1. The van der Waals surface area contributed by atoms with Gasteiger partial charge in [0.05, 0.1) is 5.92 Å². The van der Waals surface area contributed by atoms with Gasteiger partial charge in [-0.25, -0.2) is 0 Å². The third kappa shape index (κ3) is 4.37. The number of rotatable bonds is 6. The molecule has 0 aliphatic heterocycles. The van der Waals surface area contributed by atoms with E-state index in [-0.39, 0.29) is 18.0 Å². The zero-order valence-electron chi connectivity index (χ0n) is 11.8. The summed E-state index contributed by atoms with van der Waals surface area (Å²) >= 11 is 3.36. The minimum atomic E-state index is -0.588. The Bertz CT molecular complexity index is 427. The van der Waals surface area contributed by atoms with E-state index in [2.05, 4.69) is 12.1 Å². The van der Waals surface area contributed by atoms with Gasteiger partial charge >= 0.3 is 5.97 Å². The maximum absolute atomic E-state index is 11.7. The molecule has 1 heterocycles. The van der Waals surface area contributed by atoms with Gasteiger partial charge in [0.1, 0.15) is 12.1 Å². The Kier molecular flexibility index (Phi) is 6.62. The van der Waals surface area contributed by atoms with Crippen LogP contribution in [0.4, 0.5) is 0 Å². The molecule has 1 aromatic heterocycles. The minimum absolute atomic E-state index is 0.0858. The molecule has 1 aromatic rings. The van der Waals surface area contributed by atoms with Gasteiger partial charge in [0.25, 0.3) is 0 Å². The first kappa shape index (κ1) is 16.3. The van der Waals surface area contributed by atoms with E-state index >= 15 is 0 Å². The number of hydrogen-bond donors (Lipinski definition) is 1. The summed E-state index contributed by atoms with van der Waals surface area (Å²) in [6, 6.07) is 3.50. The van der Waals surface area contributed by atoms with Crippen molar-refractivity contribution in [2.75, 3.05) is 6.26 Å². The molecular formula is C14H21NO2S2. The molecule has 3 nitrogen and oxygen atoms in total. The standard InChI is InChI=1S/C14H21NO2S2/c1-5-11(18-4)13(12-7-6-8-19-12)10(3)17-14(16)9(2)15/h5-10,13H,15H2,1-4H3/b11-5-/t9-,10?,13?/m0/s1. The Morgan fingerprint density at radius 2 is 2.21 bits per heavy atom. The lowest BCUT2D eigenvalue weighted by Crippen LogP contribution is -2.33. The van der Waals surface area contributed by atoms with Crippen LogP contribution in [0.3, 0.4) is 0 Å². The van der Waals surface area contributed by atoms with E-state index in [1.807, 2.05) is 31.5 Å². The van der Waals surface area contributed by atoms with Crippen LogP contribution in [-0.4, -0.2) is 24.4 Å². The first-order chi connectivity index (χ1) is 9.01. The molecule has 19 heavy (non-hydrogen) atoms. The Balaban J connectivity index is 2.94. The van der Waals surface area contributed by atoms with E-state index in [0.29, 0.717) is 0 Å². The number of carbonyl (C=O) groups is 1. The Morgan fingerprint density at radius 1 is 1.53 bits per heavy atom. The van der Waals surface area contributed by atoms with Crippen molar-refractivity contribution < 1.29 is 9.53 Å². The highest BCUT2D eigenvalue weighted by molar-refractivity contribution is 8.02. The fraction of sp³-hybridized carbons (Fsp3) is 0.500. The maximum Gasteiger partial charge on any atom is 0.322 e. The van der Waals surface area contributed by atoms with E-state index < -0.39 is 6.04 Å². The highest BCUT2D eigenvalue weighted by atomic mass is 32.2. The van der Waals surface area contributed by atoms with Crippen molar-refractivity contribution in [3.05, 3.63) is 33.4 Å². The molecule has 0 fully saturated rings. The summed E-state index contributed by atoms with van der Waals surface area (Å²) in [7, 11) is 0. The molecule has 1 rings (SSSR count). The Labute approximate surface area is 123 Å². The van der Waals surface area contributed by atoms with Crippen molar-refractivity contribution in [2.45, 2.75) is 38.8 Å². The SMILES string of the molecule is C/C=C(\SC)C(c1cccs1)C(C)OC(=O)[C@H](C)N. The van der Waals surface area contributed by atoms with Crippen LogP contribution in [0.5, 0.6) is 0 Å². The molecule has 0 aromatic carbocycles. The monoisotopic (exact) mass is 299 g/mol. The smallest absolute Gasteiger partial charge is 0.322 e. The number of allylic oxidation sites excluding steroid dienone is 1. The second kappa shape index (κ2) is 7.72. The fourth-order valence-corrected chi connectivity index (χ4v) is 3.67. The fourth-order valence-electron chi connectivity index (χ4n) is 1.85. The van der Waals surface area contributed by atoms with Gasteiger partial charge < -0.3 is 10.5 Å². The molecule has 5 heteroatoms. The summed E-state index contributed by atoms with van der Waals surface area (Å²) in [6.45, 7) is 5.57. The van der Waals surface area contributed by atoms with E-state index in [9.17, 15) is 4.79 Å². The second-order valence-electron chi connectivity index (χ2n) is 4.32. The average molecular weight is 299 g/mol. The number of nitrogens with two attached hydrogens (primary N) is 1. The van der Waals surface area contributed by atoms with Crippen LogP contribution >= 0.6 is 23.1 Å². The lowest BCUT2D eigenvalue weighted by atomic mass is 10.0. The quantitative estimate of drug-likeness (QED) is 0.818. The van der Waals surface area contributed by atoms with Crippen molar-refractivity contribution in [2.24, 2.45) is 5.73 Å². The van der Waals surface area contributed by atoms with E-state index in [1.54, 1.807) is 30.0 Å². The molecule has 3 atom stereocenters. The molecule has 2 unspecified atom stereocenters. The molecule has 0 aliphatic rings. The van der Waals surface area contributed by atoms with Crippen molar-refractivity contribution in [1.82, 2.24) is 0 Å². The van der Waals surface area contributed by atoms with Gasteiger partial charge in [0.15, 0.2) is 0 Å². The Morgan fingerprint density at radius 3 is 2.63 bits per heavy atom. The van der Waals surface area contributed by atoms with Gasteiger partial charge in [0, 0.05) is 4.88 Å². The van der Waals surface area contributed by atoms with E-state index in [4.69, 9.17) is 10.5 Å². The zero-order chi connectivity index (χ0) is 14.4. The van der Waals surface area contributed by atoms with Crippen LogP contribution in [0.2, 0.25) is 0 Å². The van der Waals surface area contributed by atoms with E-state index in [1.165, 1.54) is 9.78 Å². The molecule has 0 bridgehead atoms. The molecule has 2 N–H and O–H groups in total. The number of esters is 1. The molecular weight excluding hydrogens is 278 g/mol. The molecule has 106 valence electrons. The van der Waals surface area contributed by atoms with Crippen molar-refractivity contribution in [3.63, 3.8) is 0 Å². The number of carbonyl (C=O) groups excluding carboxylic acids is 1. The third-order valence-corrected chi connectivity index (χ3v) is 4.74. The average Bonchev–Trinajstić information content (AvgIpc) is 2.88. The Hall–Kier alpha value is -0.780. The largest absolute Gasteiger partial charge is 0.460 e. The van der Waals surface area contributed by atoms with Gasteiger partial charge in [-0.15, -0.1) is 23.1 Å².